The van der Waals surface area contributed by atoms with Gasteiger partial charge in [0.05, 0.1) is 18.1 Å². The Morgan fingerprint density at radius 2 is 2.24 bits per heavy atom. The molecule has 17 heavy (non-hydrogen) atoms. The van der Waals surface area contributed by atoms with Gasteiger partial charge in [-0.05, 0) is 31.0 Å². The maximum atomic E-state index is 11.4. The second kappa shape index (κ2) is 4.31. The molecule has 94 valence electrons. The number of rotatable bonds is 3. The second-order valence-electron chi connectivity index (χ2n) is 4.33. The Morgan fingerprint density at radius 3 is 2.82 bits per heavy atom. The van der Waals surface area contributed by atoms with Crippen LogP contribution in [-0.4, -0.2) is 31.6 Å². The zero-order valence-electron chi connectivity index (χ0n) is 9.72. The minimum Gasteiger partial charge on any atom is -0.494 e. The van der Waals surface area contributed by atoms with Crippen molar-refractivity contribution in [1.29, 1.82) is 0 Å². The Morgan fingerprint density at radius 1 is 1.47 bits per heavy atom. The first-order valence-corrected chi connectivity index (χ1v) is 7.43. The summed E-state index contributed by atoms with van der Waals surface area (Å²) in [5.41, 5.74) is -0.643. The number of hydrogen-bond donors (Lipinski definition) is 1. The molecule has 4 nitrogen and oxygen atoms in total. The van der Waals surface area contributed by atoms with Gasteiger partial charge in [-0.25, -0.2) is 8.42 Å². The Bertz CT molecular complexity index is 509. The van der Waals surface area contributed by atoms with Gasteiger partial charge in [-0.3, -0.25) is 0 Å². The van der Waals surface area contributed by atoms with Crippen LogP contribution >= 0.6 is 0 Å². The summed E-state index contributed by atoms with van der Waals surface area (Å²) in [5, 5.41) is 10.4. The molecule has 2 rings (SSSR count). The predicted octanol–water partition coefficient (Wildman–Crippen LogP) is 1.09. The van der Waals surface area contributed by atoms with Crippen LogP contribution in [0.5, 0.6) is 5.75 Å². The quantitative estimate of drug-likeness (QED) is 0.879. The molecule has 1 unspecified atom stereocenters. The van der Waals surface area contributed by atoms with Gasteiger partial charge in [0.25, 0.3) is 0 Å². The molecule has 0 aliphatic carbocycles. The average molecular weight is 256 g/mol. The van der Waals surface area contributed by atoms with Crippen molar-refractivity contribution in [2.24, 2.45) is 0 Å². The molecule has 0 bridgehead atoms. The zero-order chi connectivity index (χ0) is 12.5. The van der Waals surface area contributed by atoms with Crippen molar-refractivity contribution in [1.82, 2.24) is 0 Å². The highest BCUT2D eigenvalue weighted by atomic mass is 32.2. The summed E-state index contributed by atoms with van der Waals surface area (Å²) in [6.07, 6.45) is 0.255. The van der Waals surface area contributed by atoms with Crippen LogP contribution in [-0.2, 0) is 15.4 Å². The van der Waals surface area contributed by atoms with Crippen molar-refractivity contribution < 1.29 is 18.3 Å². The van der Waals surface area contributed by atoms with E-state index in [4.69, 9.17) is 4.74 Å². The van der Waals surface area contributed by atoms with Gasteiger partial charge in [0.15, 0.2) is 9.84 Å². The first-order valence-electron chi connectivity index (χ1n) is 5.61. The van der Waals surface area contributed by atoms with Crippen LogP contribution in [0.1, 0.15) is 18.9 Å². The van der Waals surface area contributed by atoms with Crippen LogP contribution in [0.3, 0.4) is 0 Å². The first-order chi connectivity index (χ1) is 7.95. The molecule has 1 aromatic rings. The Kier molecular flexibility index (Phi) is 3.14. The van der Waals surface area contributed by atoms with Gasteiger partial charge in [-0.2, -0.15) is 0 Å². The molecule has 1 aliphatic heterocycles. The van der Waals surface area contributed by atoms with Gasteiger partial charge in [0.1, 0.15) is 11.4 Å². The third-order valence-corrected chi connectivity index (χ3v) is 4.71. The van der Waals surface area contributed by atoms with Gasteiger partial charge in [-0.15, -0.1) is 0 Å². The Balaban J connectivity index is 2.31. The maximum absolute atomic E-state index is 11.4. The molecule has 0 aromatic heterocycles. The molecule has 1 heterocycles. The van der Waals surface area contributed by atoms with E-state index in [-0.39, 0.29) is 17.9 Å². The van der Waals surface area contributed by atoms with E-state index in [0.717, 1.165) is 0 Å². The third kappa shape index (κ3) is 2.61. The van der Waals surface area contributed by atoms with Gasteiger partial charge >= 0.3 is 0 Å². The normalized spacial score (nSPS) is 26.9. The smallest absolute Gasteiger partial charge is 0.153 e. The van der Waals surface area contributed by atoms with E-state index in [1.54, 1.807) is 24.3 Å². The average Bonchev–Trinajstić information content (AvgIpc) is 2.55. The molecule has 0 amide bonds. The highest BCUT2D eigenvalue weighted by Gasteiger charge is 2.42. The molecular weight excluding hydrogens is 240 g/mol. The standard InChI is InChI=1S/C12H16O4S/c1-2-16-11-5-3-4-10(8-11)12(13)6-7-17(14,15)9-12/h3-5,8,13H,2,6-7,9H2,1H3. The van der Waals surface area contributed by atoms with Gasteiger partial charge in [0.2, 0.25) is 0 Å². The molecule has 0 spiro atoms. The maximum Gasteiger partial charge on any atom is 0.153 e. The van der Waals surface area contributed by atoms with Crippen molar-refractivity contribution in [2.45, 2.75) is 18.9 Å². The van der Waals surface area contributed by atoms with E-state index in [2.05, 4.69) is 0 Å². The van der Waals surface area contributed by atoms with E-state index in [1.165, 1.54) is 0 Å². The van der Waals surface area contributed by atoms with Crippen LogP contribution in [0.4, 0.5) is 0 Å². The van der Waals surface area contributed by atoms with Crippen LogP contribution in [0.25, 0.3) is 0 Å². The number of aliphatic hydroxyl groups is 1. The minimum atomic E-state index is -3.12. The number of sulfone groups is 1. The van der Waals surface area contributed by atoms with Crippen molar-refractivity contribution in [3.05, 3.63) is 29.8 Å². The third-order valence-electron chi connectivity index (χ3n) is 2.97. The predicted molar refractivity (Wildman–Crippen MR) is 64.8 cm³/mol. The van der Waals surface area contributed by atoms with Crippen molar-refractivity contribution in [3.63, 3.8) is 0 Å². The lowest BCUT2D eigenvalue weighted by Gasteiger charge is -2.21. The number of benzene rings is 1. The molecule has 1 aliphatic rings. The Hall–Kier alpha value is -1.07. The molecule has 1 fully saturated rings. The summed E-state index contributed by atoms with van der Waals surface area (Å²) in [6, 6.07) is 7.01. The van der Waals surface area contributed by atoms with Gasteiger partial charge in [-0.1, -0.05) is 12.1 Å². The van der Waals surface area contributed by atoms with Crippen molar-refractivity contribution >= 4 is 9.84 Å². The van der Waals surface area contributed by atoms with Gasteiger partial charge in [0, 0.05) is 0 Å². The highest BCUT2D eigenvalue weighted by molar-refractivity contribution is 7.91. The molecule has 0 saturated carbocycles. The van der Waals surface area contributed by atoms with Crippen LogP contribution in [0, 0.1) is 0 Å². The Labute approximate surface area is 101 Å². The van der Waals surface area contributed by atoms with E-state index < -0.39 is 15.4 Å². The largest absolute Gasteiger partial charge is 0.494 e. The number of hydrogen-bond acceptors (Lipinski definition) is 4. The van der Waals surface area contributed by atoms with Crippen molar-refractivity contribution in [2.75, 3.05) is 18.1 Å². The summed E-state index contributed by atoms with van der Waals surface area (Å²) in [6.45, 7) is 2.42. The molecule has 5 heteroatoms. The monoisotopic (exact) mass is 256 g/mol. The van der Waals surface area contributed by atoms with E-state index in [1.807, 2.05) is 6.92 Å². The molecular formula is C12H16O4S. The summed E-state index contributed by atoms with van der Waals surface area (Å²) in [7, 11) is -3.12. The fourth-order valence-electron chi connectivity index (χ4n) is 2.10. The lowest BCUT2D eigenvalue weighted by molar-refractivity contribution is 0.0650. The minimum absolute atomic E-state index is 0.0440. The second-order valence-corrected chi connectivity index (χ2v) is 6.52. The lowest BCUT2D eigenvalue weighted by Crippen LogP contribution is -2.26. The van der Waals surface area contributed by atoms with Crippen LogP contribution in [0.2, 0.25) is 0 Å². The van der Waals surface area contributed by atoms with E-state index in [9.17, 15) is 13.5 Å². The topological polar surface area (TPSA) is 63.6 Å². The molecule has 1 saturated heterocycles. The zero-order valence-corrected chi connectivity index (χ0v) is 10.5. The summed E-state index contributed by atoms with van der Waals surface area (Å²) in [4.78, 5) is 0. The molecule has 1 atom stereocenters. The molecule has 1 N–H and O–H groups in total. The van der Waals surface area contributed by atoms with E-state index in [0.29, 0.717) is 17.9 Å². The van der Waals surface area contributed by atoms with E-state index >= 15 is 0 Å². The summed E-state index contributed by atoms with van der Waals surface area (Å²) >= 11 is 0. The lowest BCUT2D eigenvalue weighted by atomic mass is 9.93. The van der Waals surface area contributed by atoms with Gasteiger partial charge < -0.3 is 9.84 Å². The van der Waals surface area contributed by atoms with Crippen LogP contribution < -0.4 is 4.74 Å². The summed E-state index contributed by atoms with van der Waals surface area (Å²) < 4.78 is 28.2. The fourth-order valence-corrected chi connectivity index (χ4v) is 3.93. The molecule has 1 aromatic carbocycles. The number of ether oxygens (including phenoxy) is 1. The van der Waals surface area contributed by atoms with Crippen LogP contribution in [0.15, 0.2) is 24.3 Å². The highest BCUT2D eigenvalue weighted by Crippen LogP contribution is 2.34. The van der Waals surface area contributed by atoms with Crippen molar-refractivity contribution in [3.8, 4) is 5.75 Å². The fraction of sp³-hybridized carbons (Fsp3) is 0.500. The first kappa shape index (κ1) is 12.4. The molecule has 0 radical (unpaired) electrons. The SMILES string of the molecule is CCOc1cccc(C2(O)CCS(=O)(=O)C2)c1. The summed E-state index contributed by atoms with van der Waals surface area (Å²) in [5.74, 6) is 0.500.